The van der Waals surface area contributed by atoms with Crippen LogP contribution < -0.4 is 19.5 Å². The van der Waals surface area contributed by atoms with Crippen molar-refractivity contribution in [3.8, 4) is 11.1 Å². The highest BCUT2D eigenvalue weighted by Crippen LogP contribution is 2.16. The van der Waals surface area contributed by atoms with E-state index >= 15 is 0 Å². The minimum absolute atomic E-state index is 0.762. The molecule has 0 fully saturated rings. The van der Waals surface area contributed by atoms with E-state index in [-0.39, 0.29) is 0 Å². The van der Waals surface area contributed by atoms with Crippen LogP contribution in [0.2, 0.25) is 0 Å². The second kappa shape index (κ2) is 13.5. The number of nitrogens with zero attached hydrogens (tertiary/aromatic N) is 2. The minimum Gasteiger partial charge on any atom is -0.373 e. The van der Waals surface area contributed by atoms with Crippen molar-refractivity contribution >= 4 is 28.0 Å². The molecular weight excluding hydrogens is 541 g/mol. The van der Waals surface area contributed by atoms with Gasteiger partial charge in [-0.25, -0.2) is 9.13 Å². The summed E-state index contributed by atoms with van der Waals surface area (Å²) in [6.07, 6.45) is 8.42. The van der Waals surface area contributed by atoms with Crippen LogP contribution in [0.15, 0.2) is 97.6 Å². The third kappa shape index (κ3) is 6.46. The van der Waals surface area contributed by atoms with Crippen LogP contribution in [0.3, 0.4) is 0 Å². The zero-order valence-electron chi connectivity index (χ0n) is 24.0. The van der Waals surface area contributed by atoms with Crippen molar-refractivity contribution in [1.29, 1.82) is 0 Å². The van der Waals surface area contributed by atoms with Crippen molar-refractivity contribution in [2.75, 3.05) is 42.7 Å². The number of pyridine rings is 2. The first-order valence-electron chi connectivity index (χ1n) is 12.9. The molecule has 2 heterocycles. The molecule has 40 heavy (non-hydrogen) atoms. The van der Waals surface area contributed by atoms with Crippen molar-refractivity contribution in [3.05, 3.63) is 109 Å². The van der Waals surface area contributed by atoms with Gasteiger partial charge in [0, 0.05) is 88.4 Å². The maximum absolute atomic E-state index is 5.58. The average molecular weight is 579 g/mol. The summed E-state index contributed by atoms with van der Waals surface area (Å²) < 4.78 is 37.8. The molecule has 0 saturated carbocycles. The molecule has 0 N–H and O–H groups in total. The Morgan fingerprint density at radius 2 is 0.700 bits per heavy atom. The molecule has 210 valence electrons. The molecule has 0 aliphatic rings. The zero-order valence-corrected chi connectivity index (χ0v) is 26.0. The third-order valence-electron chi connectivity index (χ3n) is 7.07. The van der Waals surface area contributed by atoms with Gasteiger partial charge in [-0.15, -0.1) is 0 Å². The molecule has 4 rings (SSSR count). The van der Waals surface area contributed by atoms with E-state index < -0.39 is 17.6 Å². The number of aromatic nitrogens is 2. The van der Waals surface area contributed by atoms with Crippen molar-refractivity contribution in [1.82, 2.24) is 0 Å². The van der Waals surface area contributed by atoms with Crippen LogP contribution >= 0.6 is 0 Å². The monoisotopic (exact) mass is 578 g/mol. The van der Waals surface area contributed by atoms with Crippen LogP contribution in [0.1, 0.15) is 11.1 Å². The molecule has 2 aromatic heterocycles. The van der Waals surface area contributed by atoms with Crippen molar-refractivity contribution in [2.24, 2.45) is 0 Å². The van der Waals surface area contributed by atoms with Gasteiger partial charge in [-0.1, -0.05) is 48.5 Å². The van der Waals surface area contributed by atoms with Crippen molar-refractivity contribution in [3.63, 3.8) is 0 Å². The Labute approximate surface area is 239 Å². The maximum atomic E-state index is 5.58. The molecule has 10 heteroatoms. The maximum Gasteiger partial charge on any atom is 0.536 e. The van der Waals surface area contributed by atoms with Crippen LogP contribution in [0.25, 0.3) is 11.1 Å². The fraction of sp³-hybridized carbons (Fsp3) is 0.267. The van der Waals surface area contributed by atoms with Crippen LogP contribution in [0.5, 0.6) is 0 Å². The fourth-order valence-electron chi connectivity index (χ4n) is 4.77. The van der Waals surface area contributed by atoms with E-state index in [4.69, 9.17) is 26.6 Å². The first kappa shape index (κ1) is 29.9. The highest BCUT2D eigenvalue weighted by molar-refractivity contribution is 6.75. The molecular formula is C30H38N2O6Si2+2. The van der Waals surface area contributed by atoms with Crippen molar-refractivity contribution < 1.29 is 35.7 Å². The Bertz CT molecular complexity index is 1220. The van der Waals surface area contributed by atoms with Gasteiger partial charge in [0.15, 0.2) is 37.9 Å². The Kier molecular flexibility index (Phi) is 10.1. The van der Waals surface area contributed by atoms with Crippen LogP contribution in [0, 0.1) is 0 Å². The van der Waals surface area contributed by atoms with Crippen LogP contribution in [-0.2, 0) is 39.6 Å². The number of hydrogen-bond donors (Lipinski definition) is 0. The Morgan fingerprint density at radius 3 is 0.950 bits per heavy atom. The summed E-state index contributed by atoms with van der Waals surface area (Å²) in [5, 5.41) is 1.88. The summed E-state index contributed by atoms with van der Waals surface area (Å²) in [7, 11) is 4.09. The molecule has 0 radical (unpaired) electrons. The summed E-state index contributed by atoms with van der Waals surface area (Å²) in [5.74, 6) is 0. The van der Waals surface area contributed by atoms with Gasteiger partial charge >= 0.3 is 17.6 Å². The predicted octanol–water partition coefficient (Wildman–Crippen LogP) is 2.20. The molecule has 0 aliphatic heterocycles. The molecule has 0 spiro atoms. The number of hydrogen-bond acceptors (Lipinski definition) is 6. The Morgan fingerprint density at radius 1 is 0.425 bits per heavy atom. The lowest BCUT2D eigenvalue weighted by molar-refractivity contribution is -0.688. The molecule has 0 aliphatic carbocycles. The first-order chi connectivity index (χ1) is 19.4. The summed E-state index contributed by atoms with van der Waals surface area (Å²) in [4.78, 5) is 0. The normalized spacial score (nSPS) is 12.1. The van der Waals surface area contributed by atoms with Gasteiger partial charge in [-0.3, -0.25) is 0 Å². The molecule has 2 aromatic carbocycles. The van der Waals surface area contributed by atoms with Crippen LogP contribution in [-0.4, -0.2) is 60.3 Å². The lowest BCUT2D eigenvalue weighted by atomic mass is 10.1. The van der Waals surface area contributed by atoms with Gasteiger partial charge in [0.05, 0.1) is 0 Å². The third-order valence-corrected chi connectivity index (χ3v) is 12.4. The lowest BCUT2D eigenvalue weighted by Crippen LogP contribution is -2.54. The van der Waals surface area contributed by atoms with Gasteiger partial charge in [0.25, 0.3) is 0 Å². The number of rotatable bonds is 13. The van der Waals surface area contributed by atoms with Gasteiger partial charge < -0.3 is 26.6 Å². The van der Waals surface area contributed by atoms with E-state index in [1.165, 1.54) is 22.3 Å². The standard InChI is InChI=1S/C30H38N2O6Si2/c1-33-39(34-2,35-3)29-11-7-25(8-12-29)23-31-19-15-27(16-20-31)28-17-21-32(22-18-28)24-26-9-13-30(14-10-26)40(36-4,37-5)38-6/h7-22H,23-24H2,1-6H3/q+2. The minimum atomic E-state index is -2.81. The van der Waals surface area contributed by atoms with Crippen molar-refractivity contribution in [2.45, 2.75) is 13.1 Å². The van der Waals surface area contributed by atoms with E-state index in [0.29, 0.717) is 0 Å². The van der Waals surface area contributed by atoms with Gasteiger partial charge in [0.1, 0.15) is 0 Å². The molecule has 0 atom stereocenters. The van der Waals surface area contributed by atoms with E-state index in [1.807, 2.05) is 24.3 Å². The molecule has 4 aromatic rings. The quantitative estimate of drug-likeness (QED) is 0.179. The molecule has 0 bridgehead atoms. The SMILES string of the molecule is CO[Si](OC)(OC)c1ccc(C[n+]2ccc(-c3cc[n+](Cc4ccc([Si](OC)(OC)OC)cc4)cc3)cc2)cc1. The first-order valence-corrected chi connectivity index (χ1v) is 16.4. The summed E-state index contributed by atoms with van der Waals surface area (Å²) in [6, 6.07) is 25.0. The number of benzene rings is 2. The smallest absolute Gasteiger partial charge is 0.373 e. The van der Waals surface area contributed by atoms with E-state index in [9.17, 15) is 0 Å². The molecule has 0 saturated heterocycles. The van der Waals surface area contributed by atoms with Gasteiger partial charge in [-0.2, -0.15) is 0 Å². The second-order valence-corrected chi connectivity index (χ2v) is 15.1. The van der Waals surface area contributed by atoms with Crippen LogP contribution in [0.4, 0.5) is 0 Å². The lowest BCUT2D eigenvalue weighted by Gasteiger charge is -2.24. The molecule has 8 nitrogen and oxygen atoms in total. The predicted molar refractivity (Wildman–Crippen MR) is 156 cm³/mol. The summed E-state index contributed by atoms with van der Waals surface area (Å²) in [5.41, 5.74) is 4.70. The van der Waals surface area contributed by atoms with E-state index in [1.54, 1.807) is 42.7 Å². The topological polar surface area (TPSA) is 63.1 Å². The molecule has 0 unspecified atom stereocenters. The summed E-state index contributed by atoms with van der Waals surface area (Å²) in [6.45, 7) is 1.52. The average Bonchev–Trinajstić information content (AvgIpc) is 3.02. The highest BCUT2D eigenvalue weighted by Gasteiger charge is 2.41. The Hall–Kier alpha value is -3.07. The van der Waals surface area contributed by atoms with E-state index in [2.05, 4.69) is 82.5 Å². The highest BCUT2D eigenvalue weighted by atomic mass is 28.4. The summed E-state index contributed by atoms with van der Waals surface area (Å²) >= 11 is 0. The largest absolute Gasteiger partial charge is 0.536 e. The fourth-order valence-corrected chi connectivity index (χ4v) is 8.33. The van der Waals surface area contributed by atoms with Gasteiger partial charge in [0.2, 0.25) is 0 Å². The van der Waals surface area contributed by atoms with Gasteiger partial charge in [-0.05, 0) is 11.1 Å². The Balaban J connectivity index is 1.38. The second-order valence-electron chi connectivity index (χ2n) is 9.25. The van der Waals surface area contributed by atoms with E-state index in [0.717, 1.165) is 23.5 Å². The zero-order chi connectivity index (χ0) is 28.6. The molecule has 0 amide bonds.